The molecule has 5 nitrogen and oxygen atoms in total. The fourth-order valence-electron chi connectivity index (χ4n) is 1.92. The molecule has 102 valence electrons. The van der Waals surface area contributed by atoms with Crippen molar-refractivity contribution < 1.29 is 19.0 Å². The van der Waals surface area contributed by atoms with Crippen LogP contribution < -0.4 is 14.2 Å². The number of benzene rings is 1. The molecule has 1 atom stereocenters. The van der Waals surface area contributed by atoms with Crippen LogP contribution in [0.15, 0.2) is 42.6 Å². The van der Waals surface area contributed by atoms with Gasteiger partial charge in [0.05, 0.1) is 5.92 Å². The van der Waals surface area contributed by atoms with Crippen LogP contribution in [0.1, 0.15) is 18.4 Å². The fourth-order valence-corrected chi connectivity index (χ4v) is 1.92. The van der Waals surface area contributed by atoms with E-state index in [0.29, 0.717) is 17.4 Å². The summed E-state index contributed by atoms with van der Waals surface area (Å²) in [6.45, 7) is 1.99. The van der Waals surface area contributed by atoms with Crippen molar-refractivity contribution >= 4 is 5.97 Å². The van der Waals surface area contributed by atoms with E-state index < -0.39 is 5.92 Å². The van der Waals surface area contributed by atoms with E-state index in [0.717, 1.165) is 5.56 Å². The molecule has 2 heterocycles. The van der Waals surface area contributed by atoms with E-state index in [1.165, 1.54) is 0 Å². The molecule has 5 heteroatoms. The van der Waals surface area contributed by atoms with Crippen LogP contribution in [0.3, 0.4) is 0 Å². The van der Waals surface area contributed by atoms with E-state index >= 15 is 0 Å². The molecule has 20 heavy (non-hydrogen) atoms. The van der Waals surface area contributed by atoms with Gasteiger partial charge in [-0.2, -0.15) is 0 Å². The number of esters is 1. The summed E-state index contributed by atoms with van der Waals surface area (Å²) in [5, 5.41) is 0. The van der Waals surface area contributed by atoms with Gasteiger partial charge in [-0.25, -0.2) is 4.98 Å². The summed E-state index contributed by atoms with van der Waals surface area (Å²) < 4.78 is 15.8. The van der Waals surface area contributed by atoms with Gasteiger partial charge in [-0.15, -0.1) is 0 Å². The van der Waals surface area contributed by atoms with Crippen LogP contribution >= 0.6 is 0 Å². The van der Waals surface area contributed by atoms with Crippen LogP contribution in [-0.4, -0.2) is 17.7 Å². The van der Waals surface area contributed by atoms with Gasteiger partial charge in [-0.1, -0.05) is 12.1 Å². The zero-order chi connectivity index (χ0) is 13.9. The first-order chi connectivity index (χ1) is 9.74. The number of carbonyl (C=O) groups excluding carboxylic acids is 1. The highest BCUT2D eigenvalue weighted by Crippen LogP contribution is 2.34. The average Bonchev–Trinajstić information content (AvgIpc) is 2.94. The van der Waals surface area contributed by atoms with Crippen molar-refractivity contribution in [1.29, 1.82) is 0 Å². The predicted octanol–water partition coefficient (Wildman–Crippen LogP) is 2.52. The first-order valence-corrected chi connectivity index (χ1v) is 6.26. The van der Waals surface area contributed by atoms with Crippen LogP contribution in [0.4, 0.5) is 0 Å². The molecule has 0 saturated carbocycles. The number of fused-ring (bicyclic) bond motifs is 1. The Balaban J connectivity index is 1.75. The molecule has 0 aliphatic carbocycles. The second kappa shape index (κ2) is 5.21. The third kappa shape index (κ3) is 2.42. The molecule has 0 amide bonds. The standard InChI is InChI=1S/C15H13NO4/c1-10(15(17)20-14-4-2-3-7-16-14)11-5-6-12-13(8-11)19-9-18-12/h2-8,10H,9H2,1H3. The Hall–Kier alpha value is -2.56. The Morgan fingerprint density at radius 2 is 2.10 bits per heavy atom. The minimum atomic E-state index is -0.411. The molecule has 0 bridgehead atoms. The summed E-state index contributed by atoms with van der Waals surface area (Å²) in [5.74, 6) is 0.873. The van der Waals surface area contributed by atoms with Gasteiger partial charge in [-0.3, -0.25) is 4.79 Å². The molecule has 1 aliphatic rings. The fraction of sp³-hybridized carbons (Fsp3) is 0.200. The minimum Gasteiger partial charge on any atom is -0.454 e. The second-order valence-corrected chi connectivity index (χ2v) is 4.42. The van der Waals surface area contributed by atoms with Gasteiger partial charge in [0, 0.05) is 12.3 Å². The third-order valence-corrected chi connectivity index (χ3v) is 3.09. The van der Waals surface area contributed by atoms with E-state index in [1.807, 2.05) is 6.07 Å². The number of pyridine rings is 1. The SMILES string of the molecule is CC(C(=O)Oc1ccccn1)c1ccc2c(c1)OCO2. The van der Waals surface area contributed by atoms with Gasteiger partial charge in [0.1, 0.15) is 0 Å². The van der Waals surface area contributed by atoms with Crippen molar-refractivity contribution in [1.82, 2.24) is 4.98 Å². The Bertz CT molecular complexity index is 627. The van der Waals surface area contributed by atoms with Crippen LogP contribution in [0, 0.1) is 0 Å². The van der Waals surface area contributed by atoms with Gasteiger partial charge in [-0.05, 0) is 30.7 Å². The summed E-state index contributed by atoms with van der Waals surface area (Å²) in [6, 6.07) is 10.6. The Morgan fingerprint density at radius 3 is 2.90 bits per heavy atom. The summed E-state index contributed by atoms with van der Waals surface area (Å²) >= 11 is 0. The third-order valence-electron chi connectivity index (χ3n) is 3.09. The first kappa shape index (κ1) is 12.5. The molecular formula is C15H13NO4. The zero-order valence-corrected chi connectivity index (χ0v) is 10.9. The summed E-state index contributed by atoms with van der Waals surface area (Å²) in [4.78, 5) is 16.0. The topological polar surface area (TPSA) is 57.7 Å². The van der Waals surface area contributed by atoms with Crippen molar-refractivity contribution in [2.75, 3.05) is 6.79 Å². The van der Waals surface area contributed by atoms with Crippen LogP contribution in [0.25, 0.3) is 0 Å². The smallest absolute Gasteiger partial charge is 0.319 e. The lowest BCUT2D eigenvalue weighted by atomic mass is 10.0. The lowest BCUT2D eigenvalue weighted by molar-refractivity contribution is -0.135. The number of ether oxygens (including phenoxy) is 3. The van der Waals surface area contributed by atoms with Gasteiger partial charge in [0.2, 0.25) is 12.7 Å². The average molecular weight is 271 g/mol. The van der Waals surface area contributed by atoms with Crippen molar-refractivity contribution in [3.63, 3.8) is 0 Å². The largest absolute Gasteiger partial charge is 0.454 e. The normalized spacial score (nSPS) is 13.8. The van der Waals surface area contributed by atoms with E-state index in [9.17, 15) is 4.79 Å². The zero-order valence-electron chi connectivity index (χ0n) is 10.9. The van der Waals surface area contributed by atoms with E-state index in [2.05, 4.69) is 4.98 Å². The molecule has 1 unspecified atom stereocenters. The lowest BCUT2D eigenvalue weighted by Gasteiger charge is -2.11. The molecule has 0 spiro atoms. The second-order valence-electron chi connectivity index (χ2n) is 4.42. The Kier molecular flexibility index (Phi) is 3.25. The molecule has 0 N–H and O–H groups in total. The number of hydrogen-bond donors (Lipinski definition) is 0. The monoisotopic (exact) mass is 271 g/mol. The molecule has 1 aromatic heterocycles. The molecule has 1 aliphatic heterocycles. The van der Waals surface area contributed by atoms with E-state index in [1.54, 1.807) is 43.5 Å². The summed E-state index contributed by atoms with van der Waals surface area (Å²) in [7, 11) is 0. The highest BCUT2D eigenvalue weighted by Gasteiger charge is 2.21. The van der Waals surface area contributed by atoms with Crippen molar-refractivity contribution in [3.05, 3.63) is 48.2 Å². The molecule has 0 radical (unpaired) electrons. The van der Waals surface area contributed by atoms with Gasteiger partial charge < -0.3 is 14.2 Å². The molecule has 1 aromatic carbocycles. The van der Waals surface area contributed by atoms with Crippen molar-refractivity contribution in [3.8, 4) is 17.4 Å². The Morgan fingerprint density at radius 1 is 1.25 bits per heavy atom. The van der Waals surface area contributed by atoms with Gasteiger partial charge in [0.25, 0.3) is 0 Å². The Labute approximate surface area is 116 Å². The van der Waals surface area contributed by atoms with Crippen LogP contribution in [-0.2, 0) is 4.79 Å². The number of rotatable bonds is 3. The van der Waals surface area contributed by atoms with Crippen molar-refractivity contribution in [2.24, 2.45) is 0 Å². The number of carbonyl (C=O) groups is 1. The molecule has 3 rings (SSSR count). The highest BCUT2D eigenvalue weighted by atomic mass is 16.7. The van der Waals surface area contributed by atoms with Gasteiger partial charge >= 0.3 is 5.97 Å². The first-order valence-electron chi connectivity index (χ1n) is 6.26. The maximum atomic E-state index is 12.1. The van der Waals surface area contributed by atoms with Crippen molar-refractivity contribution in [2.45, 2.75) is 12.8 Å². The number of hydrogen-bond acceptors (Lipinski definition) is 5. The lowest BCUT2D eigenvalue weighted by Crippen LogP contribution is -2.16. The maximum absolute atomic E-state index is 12.1. The molecule has 0 fully saturated rings. The molecule has 0 saturated heterocycles. The van der Waals surface area contributed by atoms with E-state index in [-0.39, 0.29) is 12.8 Å². The highest BCUT2D eigenvalue weighted by molar-refractivity contribution is 5.79. The van der Waals surface area contributed by atoms with Gasteiger partial charge in [0.15, 0.2) is 11.5 Å². The molecule has 2 aromatic rings. The quantitative estimate of drug-likeness (QED) is 0.803. The minimum absolute atomic E-state index is 0.214. The number of nitrogens with zero attached hydrogens (tertiary/aromatic N) is 1. The van der Waals surface area contributed by atoms with E-state index in [4.69, 9.17) is 14.2 Å². The summed E-state index contributed by atoms with van der Waals surface area (Å²) in [6.07, 6.45) is 1.58. The van der Waals surface area contributed by atoms with Crippen LogP contribution in [0.2, 0.25) is 0 Å². The van der Waals surface area contributed by atoms with Crippen LogP contribution in [0.5, 0.6) is 17.4 Å². The number of aromatic nitrogens is 1. The summed E-state index contributed by atoms with van der Waals surface area (Å²) in [5.41, 5.74) is 0.815. The maximum Gasteiger partial charge on any atom is 0.319 e. The predicted molar refractivity (Wildman–Crippen MR) is 70.9 cm³/mol. The molecular weight excluding hydrogens is 258 g/mol.